The smallest absolute Gasteiger partial charge is 0.0352 e. The summed E-state index contributed by atoms with van der Waals surface area (Å²) in [5, 5.41) is 0. The standard InChI is InChI=1S/C20H38/c1-13(2)19-11-15(5)7-9-17(19)18-10-8-16(6)12-20(18)14(3)4/h13-20H,7-12H2,1-6H3. The van der Waals surface area contributed by atoms with E-state index in [4.69, 9.17) is 0 Å². The van der Waals surface area contributed by atoms with Crippen LogP contribution in [0.25, 0.3) is 0 Å². The van der Waals surface area contributed by atoms with Crippen LogP contribution in [-0.4, -0.2) is 0 Å². The SMILES string of the molecule is CC1CCC(C2CCC(C)CC2C(C)C)C(C(C)C)C1. The van der Waals surface area contributed by atoms with Crippen LogP contribution in [0, 0.1) is 47.3 Å². The Kier molecular flexibility index (Phi) is 5.60. The van der Waals surface area contributed by atoms with Crippen molar-refractivity contribution in [3.8, 4) is 0 Å². The van der Waals surface area contributed by atoms with Crippen LogP contribution in [0.15, 0.2) is 0 Å². The van der Waals surface area contributed by atoms with Gasteiger partial charge in [-0.05, 0) is 73.0 Å². The highest BCUT2D eigenvalue weighted by molar-refractivity contribution is 4.91. The molecular weight excluding hydrogens is 240 g/mol. The van der Waals surface area contributed by atoms with Crippen molar-refractivity contribution in [3.05, 3.63) is 0 Å². The van der Waals surface area contributed by atoms with Crippen LogP contribution in [0.1, 0.15) is 80.1 Å². The van der Waals surface area contributed by atoms with Crippen molar-refractivity contribution < 1.29 is 0 Å². The summed E-state index contributed by atoms with van der Waals surface area (Å²) in [6, 6.07) is 0. The highest BCUT2D eigenvalue weighted by atomic mass is 14.5. The van der Waals surface area contributed by atoms with Gasteiger partial charge in [0.25, 0.3) is 0 Å². The molecule has 0 aromatic carbocycles. The molecule has 0 amide bonds. The minimum absolute atomic E-state index is 0.884. The average Bonchev–Trinajstić information content (AvgIpc) is 2.38. The molecule has 0 aromatic heterocycles. The van der Waals surface area contributed by atoms with E-state index in [2.05, 4.69) is 41.5 Å². The molecule has 2 fully saturated rings. The third-order valence-corrected chi connectivity index (χ3v) is 6.70. The first-order valence-electron chi connectivity index (χ1n) is 9.40. The van der Waals surface area contributed by atoms with Crippen molar-refractivity contribution in [3.63, 3.8) is 0 Å². The van der Waals surface area contributed by atoms with Gasteiger partial charge < -0.3 is 0 Å². The molecule has 0 saturated heterocycles. The van der Waals surface area contributed by atoms with E-state index in [1.165, 1.54) is 38.5 Å². The first kappa shape index (κ1) is 16.4. The molecule has 0 N–H and O–H groups in total. The summed E-state index contributed by atoms with van der Waals surface area (Å²) in [4.78, 5) is 0. The van der Waals surface area contributed by atoms with Crippen molar-refractivity contribution in [1.29, 1.82) is 0 Å². The largest absolute Gasteiger partial charge is 0.0625 e. The molecule has 118 valence electrons. The molecule has 6 atom stereocenters. The molecule has 2 saturated carbocycles. The molecule has 0 bridgehead atoms. The molecule has 2 aliphatic carbocycles. The van der Waals surface area contributed by atoms with Crippen molar-refractivity contribution in [1.82, 2.24) is 0 Å². The van der Waals surface area contributed by atoms with E-state index >= 15 is 0 Å². The quantitative estimate of drug-likeness (QED) is 0.560. The monoisotopic (exact) mass is 278 g/mol. The Hall–Kier alpha value is 0. The zero-order chi connectivity index (χ0) is 14.9. The summed E-state index contributed by atoms with van der Waals surface area (Å²) >= 11 is 0. The molecule has 0 radical (unpaired) electrons. The van der Waals surface area contributed by atoms with Gasteiger partial charge in [0.2, 0.25) is 0 Å². The van der Waals surface area contributed by atoms with Gasteiger partial charge in [0.15, 0.2) is 0 Å². The van der Waals surface area contributed by atoms with Crippen molar-refractivity contribution in [2.24, 2.45) is 47.3 Å². The lowest BCUT2D eigenvalue weighted by molar-refractivity contribution is 0.0152. The van der Waals surface area contributed by atoms with E-state index in [1.807, 2.05) is 0 Å². The van der Waals surface area contributed by atoms with Crippen LogP contribution in [-0.2, 0) is 0 Å². The lowest BCUT2D eigenvalue weighted by Crippen LogP contribution is -2.40. The van der Waals surface area contributed by atoms with Gasteiger partial charge in [0.1, 0.15) is 0 Å². The molecule has 0 aromatic rings. The molecule has 2 rings (SSSR count). The molecule has 6 unspecified atom stereocenters. The minimum Gasteiger partial charge on any atom is -0.0625 e. The summed E-state index contributed by atoms with van der Waals surface area (Å²) in [6.07, 6.45) is 9.02. The summed E-state index contributed by atoms with van der Waals surface area (Å²) in [5.74, 6) is 7.77. The Labute approximate surface area is 128 Å². The maximum absolute atomic E-state index is 2.48. The van der Waals surface area contributed by atoms with E-state index < -0.39 is 0 Å². The summed E-state index contributed by atoms with van der Waals surface area (Å²) in [7, 11) is 0. The van der Waals surface area contributed by atoms with Crippen molar-refractivity contribution in [2.45, 2.75) is 80.1 Å². The molecule has 2 aliphatic rings. The summed E-state index contributed by atoms with van der Waals surface area (Å²) in [6.45, 7) is 14.9. The van der Waals surface area contributed by atoms with Gasteiger partial charge in [0.05, 0.1) is 0 Å². The van der Waals surface area contributed by atoms with Gasteiger partial charge in [-0.3, -0.25) is 0 Å². The first-order chi connectivity index (χ1) is 9.40. The molecule has 0 spiro atoms. The van der Waals surface area contributed by atoms with Crippen molar-refractivity contribution >= 4 is 0 Å². The fraction of sp³-hybridized carbons (Fsp3) is 1.00. The van der Waals surface area contributed by atoms with Crippen LogP contribution in [0.2, 0.25) is 0 Å². The lowest BCUT2D eigenvalue weighted by Gasteiger charge is -2.48. The first-order valence-corrected chi connectivity index (χ1v) is 9.40. The second-order valence-corrected chi connectivity index (χ2v) is 8.98. The van der Waals surface area contributed by atoms with Gasteiger partial charge in [0, 0.05) is 0 Å². The highest BCUT2D eigenvalue weighted by Crippen LogP contribution is 2.50. The Bertz CT molecular complexity index is 260. The topological polar surface area (TPSA) is 0 Å². The number of hydrogen-bond acceptors (Lipinski definition) is 0. The lowest BCUT2D eigenvalue weighted by atomic mass is 9.57. The van der Waals surface area contributed by atoms with Crippen LogP contribution in [0.4, 0.5) is 0 Å². The number of rotatable bonds is 3. The van der Waals surface area contributed by atoms with Gasteiger partial charge >= 0.3 is 0 Å². The number of hydrogen-bond donors (Lipinski definition) is 0. The zero-order valence-corrected chi connectivity index (χ0v) is 14.9. The van der Waals surface area contributed by atoms with E-state index in [0.717, 1.165) is 47.3 Å². The van der Waals surface area contributed by atoms with E-state index in [0.29, 0.717) is 0 Å². The highest BCUT2D eigenvalue weighted by Gasteiger charge is 2.41. The Morgan fingerprint density at radius 1 is 0.600 bits per heavy atom. The van der Waals surface area contributed by atoms with Crippen LogP contribution < -0.4 is 0 Å². The zero-order valence-electron chi connectivity index (χ0n) is 14.9. The fourth-order valence-corrected chi connectivity index (χ4v) is 5.49. The van der Waals surface area contributed by atoms with E-state index in [9.17, 15) is 0 Å². The second-order valence-electron chi connectivity index (χ2n) is 8.98. The molecule has 0 nitrogen and oxygen atoms in total. The third-order valence-electron chi connectivity index (χ3n) is 6.70. The predicted octanol–water partition coefficient (Wildman–Crippen LogP) is 6.40. The Morgan fingerprint density at radius 2 is 0.950 bits per heavy atom. The molecule has 0 aliphatic heterocycles. The predicted molar refractivity (Wildman–Crippen MR) is 89.7 cm³/mol. The van der Waals surface area contributed by atoms with Crippen LogP contribution in [0.3, 0.4) is 0 Å². The molecular formula is C20H38. The molecule has 0 heterocycles. The van der Waals surface area contributed by atoms with Crippen LogP contribution in [0.5, 0.6) is 0 Å². The molecule has 20 heavy (non-hydrogen) atoms. The maximum Gasteiger partial charge on any atom is -0.0352 e. The minimum atomic E-state index is 0.884. The van der Waals surface area contributed by atoms with E-state index in [-0.39, 0.29) is 0 Å². The normalized spacial score (nSPS) is 43.2. The van der Waals surface area contributed by atoms with Crippen molar-refractivity contribution in [2.75, 3.05) is 0 Å². The van der Waals surface area contributed by atoms with Gasteiger partial charge in [-0.15, -0.1) is 0 Å². The maximum atomic E-state index is 2.48. The fourth-order valence-electron chi connectivity index (χ4n) is 5.49. The van der Waals surface area contributed by atoms with Gasteiger partial charge in [-0.1, -0.05) is 54.4 Å². The second kappa shape index (κ2) is 6.84. The van der Waals surface area contributed by atoms with Gasteiger partial charge in [-0.2, -0.15) is 0 Å². The molecule has 0 heteroatoms. The Balaban J connectivity index is 2.13. The summed E-state index contributed by atoms with van der Waals surface area (Å²) in [5.41, 5.74) is 0. The average molecular weight is 279 g/mol. The Morgan fingerprint density at radius 3 is 1.25 bits per heavy atom. The summed E-state index contributed by atoms with van der Waals surface area (Å²) < 4.78 is 0. The van der Waals surface area contributed by atoms with Gasteiger partial charge in [-0.25, -0.2) is 0 Å². The van der Waals surface area contributed by atoms with E-state index in [1.54, 1.807) is 0 Å². The van der Waals surface area contributed by atoms with Crippen LogP contribution >= 0.6 is 0 Å². The third kappa shape index (κ3) is 3.60.